The Labute approximate surface area is 162 Å². The van der Waals surface area contributed by atoms with Crippen LogP contribution >= 0.6 is 27.3 Å². The number of nitrogens with zero attached hydrogens (tertiary/aromatic N) is 2. The number of nitrogen functional groups attached to an aromatic ring is 2. The Kier molecular flexibility index (Phi) is 4.71. The molecule has 0 aliphatic heterocycles. The summed E-state index contributed by atoms with van der Waals surface area (Å²) >= 11 is 3.76. The fourth-order valence-electron chi connectivity index (χ4n) is 2.32. The van der Waals surface area contributed by atoms with Gasteiger partial charge in [-0.3, -0.25) is 4.79 Å². The number of pyridine rings is 1. The SMILES string of the molecule is N#Cc1cc2c(N)c(C(=O)Nc3ccc(Br)c(C(F)(F)F)c3)sc2nc1N. The van der Waals surface area contributed by atoms with E-state index in [9.17, 15) is 18.0 Å². The number of fused-ring (bicyclic) bond motifs is 1. The summed E-state index contributed by atoms with van der Waals surface area (Å²) in [4.78, 5) is 16.9. The first-order valence-corrected chi connectivity index (χ1v) is 8.79. The number of carbonyl (C=O) groups is 1. The second-order valence-corrected chi connectivity index (χ2v) is 7.23. The molecule has 11 heteroatoms. The second-order valence-electron chi connectivity index (χ2n) is 5.38. The number of halogens is 4. The van der Waals surface area contributed by atoms with Crippen molar-refractivity contribution in [2.75, 3.05) is 16.8 Å². The van der Waals surface area contributed by atoms with Crippen molar-refractivity contribution in [3.63, 3.8) is 0 Å². The molecule has 0 saturated heterocycles. The molecule has 0 atom stereocenters. The van der Waals surface area contributed by atoms with Crippen LogP contribution in [0.1, 0.15) is 20.8 Å². The summed E-state index contributed by atoms with van der Waals surface area (Å²) < 4.78 is 38.8. The van der Waals surface area contributed by atoms with Gasteiger partial charge in [0.2, 0.25) is 0 Å². The molecule has 5 N–H and O–H groups in total. The molecule has 0 unspecified atom stereocenters. The van der Waals surface area contributed by atoms with Gasteiger partial charge in [-0.25, -0.2) is 4.98 Å². The van der Waals surface area contributed by atoms with Crippen LogP contribution in [0.4, 0.5) is 30.4 Å². The van der Waals surface area contributed by atoms with Gasteiger partial charge in [0.25, 0.3) is 5.91 Å². The molecule has 3 rings (SSSR count). The van der Waals surface area contributed by atoms with Gasteiger partial charge in [0, 0.05) is 15.5 Å². The lowest BCUT2D eigenvalue weighted by atomic mass is 10.2. The number of nitriles is 1. The maximum atomic E-state index is 13.0. The Hall–Kier alpha value is -2.84. The lowest BCUT2D eigenvalue weighted by Crippen LogP contribution is -2.13. The molecular formula is C16H9BrF3N5OS. The Morgan fingerprint density at radius 1 is 1.30 bits per heavy atom. The average Bonchev–Trinajstić information content (AvgIpc) is 2.90. The Balaban J connectivity index is 1.98. The molecule has 1 aromatic carbocycles. The molecule has 0 aliphatic rings. The van der Waals surface area contributed by atoms with Gasteiger partial charge in [-0.15, -0.1) is 11.3 Å². The normalized spacial score (nSPS) is 11.4. The minimum absolute atomic E-state index is 0.000867. The summed E-state index contributed by atoms with van der Waals surface area (Å²) in [6.07, 6.45) is -4.58. The molecule has 138 valence electrons. The molecule has 0 radical (unpaired) electrons. The predicted molar refractivity (Wildman–Crippen MR) is 100 cm³/mol. The predicted octanol–water partition coefficient (Wildman–Crippen LogP) is 4.37. The molecule has 0 spiro atoms. The molecule has 6 nitrogen and oxygen atoms in total. The summed E-state index contributed by atoms with van der Waals surface area (Å²) in [7, 11) is 0. The summed E-state index contributed by atoms with van der Waals surface area (Å²) in [5, 5.41) is 11.8. The number of benzene rings is 1. The standard InChI is InChI=1S/C16H9BrF3N5OS/c17-10-2-1-7(4-9(10)16(18,19)20)24-14(26)12-11(22)8-3-6(5-21)13(23)25-15(8)27-12/h1-4H,22H2,(H2,23,25)(H,24,26). The van der Waals surface area contributed by atoms with Crippen LogP contribution in [0.5, 0.6) is 0 Å². The van der Waals surface area contributed by atoms with Gasteiger partial charge >= 0.3 is 6.18 Å². The smallest absolute Gasteiger partial charge is 0.397 e. The maximum Gasteiger partial charge on any atom is 0.417 e. The number of anilines is 3. The topological polar surface area (TPSA) is 118 Å². The van der Waals surface area contributed by atoms with E-state index in [1.54, 1.807) is 0 Å². The number of amides is 1. The highest BCUT2D eigenvalue weighted by Crippen LogP contribution is 2.37. The Bertz CT molecular complexity index is 1120. The van der Waals surface area contributed by atoms with Crippen molar-refractivity contribution >= 4 is 60.6 Å². The van der Waals surface area contributed by atoms with Crippen molar-refractivity contribution in [3.8, 4) is 6.07 Å². The van der Waals surface area contributed by atoms with Crippen LogP contribution in [0.15, 0.2) is 28.7 Å². The van der Waals surface area contributed by atoms with Crippen LogP contribution in [-0.4, -0.2) is 10.9 Å². The zero-order chi connectivity index (χ0) is 19.9. The molecule has 0 aliphatic carbocycles. The van der Waals surface area contributed by atoms with E-state index in [1.807, 2.05) is 6.07 Å². The number of alkyl halides is 3. The lowest BCUT2D eigenvalue weighted by Gasteiger charge is -2.11. The molecule has 0 fully saturated rings. The Morgan fingerprint density at radius 2 is 2.00 bits per heavy atom. The third-order valence-corrected chi connectivity index (χ3v) is 5.41. The van der Waals surface area contributed by atoms with E-state index in [-0.39, 0.29) is 32.1 Å². The first-order valence-electron chi connectivity index (χ1n) is 7.18. The number of hydrogen-bond donors (Lipinski definition) is 3. The van der Waals surface area contributed by atoms with Crippen LogP contribution in [0, 0.1) is 11.3 Å². The lowest BCUT2D eigenvalue weighted by molar-refractivity contribution is -0.138. The van der Waals surface area contributed by atoms with Gasteiger partial charge in [0.1, 0.15) is 21.6 Å². The van der Waals surface area contributed by atoms with Crippen LogP contribution in [0.2, 0.25) is 0 Å². The molecule has 0 bridgehead atoms. The minimum Gasteiger partial charge on any atom is -0.397 e. The highest BCUT2D eigenvalue weighted by Gasteiger charge is 2.33. The van der Waals surface area contributed by atoms with Crippen molar-refractivity contribution in [2.45, 2.75) is 6.18 Å². The van der Waals surface area contributed by atoms with Gasteiger partial charge in [0.05, 0.1) is 16.8 Å². The largest absolute Gasteiger partial charge is 0.417 e. The van der Waals surface area contributed by atoms with Gasteiger partial charge in [-0.05, 0) is 24.3 Å². The Morgan fingerprint density at radius 3 is 2.63 bits per heavy atom. The van der Waals surface area contributed by atoms with E-state index in [0.717, 1.165) is 17.4 Å². The van der Waals surface area contributed by atoms with E-state index in [4.69, 9.17) is 16.7 Å². The summed E-state index contributed by atoms with van der Waals surface area (Å²) in [6, 6.07) is 6.61. The molecule has 2 heterocycles. The van der Waals surface area contributed by atoms with Crippen molar-refractivity contribution in [1.82, 2.24) is 4.98 Å². The molecule has 1 amide bonds. The minimum atomic E-state index is -4.58. The van der Waals surface area contributed by atoms with Gasteiger partial charge < -0.3 is 16.8 Å². The first kappa shape index (κ1) is 18.9. The molecular weight excluding hydrogens is 447 g/mol. The quantitative estimate of drug-likeness (QED) is 0.530. The highest BCUT2D eigenvalue weighted by molar-refractivity contribution is 9.10. The van der Waals surface area contributed by atoms with Gasteiger partial charge in [-0.2, -0.15) is 18.4 Å². The third-order valence-electron chi connectivity index (χ3n) is 3.61. The van der Waals surface area contributed by atoms with Gasteiger partial charge in [-0.1, -0.05) is 15.9 Å². The summed E-state index contributed by atoms with van der Waals surface area (Å²) in [5.74, 6) is -0.691. The zero-order valence-electron chi connectivity index (χ0n) is 13.2. The van der Waals surface area contributed by atoms with Crippen molar-refractivity contribution < 1.29 is 18.0 Å². The molecule has 3 aromatic rings. The number of nitrogens with one attached hydrogen (secondary N) is 1. The van der Waals surface area contributed by atoms with Crippen LogP contribution in [0.3, 0.4) is 0 Å². The van der Waals surface area contributed by atoms with Crippen LogP contribution < -0.4 is 16.8 Å². The summed E-state index contributed by atoms with van der Waals surface area (Å²) in [6.45, 7) is 0. The number of nitrogens with two attached hydrogens (primary N) is 2. The third kappa shape index (κ3) is 3.54. The number of hydrogen-bond acceptors (Lipinski definition) is 6. The molecule has 0 saturated carbocycles. The highest BCUT2D eigenvalue weighted by atomic mass is 79.9. The molecule has 27 heavy (non-hydrogen) atoms. The maximum absolute atomic E-state index is 13.0. The van der Waals surface area contributed by atoms with Crippen molar-refractivity contribution in [2.24, 2.45) is 0 Å². The van der Waals surface area contributed by atoms with E-state index >= 15 is 0 Å². The number of rotatable bonds is 2. The summed E-state index contributed by atoms with van der Waals surface area (Å²) in [5.41, 5.74) is 10.8. The number of aromatic nitrogens is 1. The monoisotopic (exact) mass is 455 g/mol. The van der Waals surface area contributed by atoms with Gasteiger partial charge in [0.15, 0.2) is 0 Å². The van der Waals surface area contributed by atoms with E-state index in [0.29, 0.717) is 10.2 Å². The van der Waals surface area contributed by atoms with E-state index in [2.05, 4.69) is 26.2 Å². The molecule has 2 aromatic heterocycles. The number of thiophene rings is 1. The van der Waals surface area contributed by atoms with Crippen LogP contribution in [-0.2, 0) is 6.18 Å². The fraction of sp³-hybridized carbons (Fsp3) is 0.0625. The fourth-order valence-corrected chi connectivity index (χ4v) is 3.77. The van der Waals surface area contributed by atoms with E-state index < -0.39 is 17.6 Å². The zero-order valence-corrected chi connectivity index (χ0v) is 15.6. The van der Waals surface area contributed by atoms with E-state index in [1.165, 1.54) is 18.2 Å². The number of carbonyl (C=O) groups excluding carboxylic acids is 1. The van der Waals surface area contributed by atoms with Crippen LogP contribution in [0.25, 0.3) is 10.2 Å². The second kappa shape index (κ2) is 6.71. The average molecular weight is 456 g/mol. The van der Waals surface area contributed by atoms with Crippen molar-refractivity contribution in [3.05, 3.63) is 44.7 Å². The first-order chi connectivity index (χ1) is 12.6. The van der Waals surface area contributed by atoms with Crippen molar-refractivity contribution in [1.29, 1.82) is 5.26 Å².